The van der Waals surface area contributed by atoms with Crippen molar-refractivity contribution in [3.63, 3.8) is 0 Å². The van der Waals surface area contributed by atoms with Gasteiger partial charge in [0.15, 0.2) is 5.11 Å². The van der Waals surface area contributed by atoms with Gasteiger partial charge < -0.3 is 9.64 Å². The minimum Gasteiger partial charge on any atom is -0.494 e. The monoisotopic (exact) mass is 370 g/mol. The molecule has 1 N–H and O–H groups in total. The zero-order valence-electron chi connectivity index (χ0n) is 15.6. The van der Waals surface area contributed by atoms with Crippen LogP contribution in [-0.2, 0) is 0 Å². The van der Waals surface area contributed by atoms with Crippen molar-refractivity contribution in [1.82, 2.24) is 5.32 Å². The molecule has 138 valence electrons. The highest BCUT2D eigenvalue weighted by atomic mass is 32.1. The Morgan fingerprint density at radius 2 is 1.88 bits per heavy atom. The molecule has 0 spiro atoms. The summed E-state index contributed by atoms with van der Waals surface area (Å²) in [7, 11) is 0. The molecule has 1 amide bonds. The molecule has 0 atom stereocenters. The maximum Gasteiger partial charge on any atom is 0.257 e. The third-order valence-electron chi connectivity index (χ3n) is 3.91. The van der Waals surface area contributed by atoms with Gasteiger partial charge in [-0.05, 0) is 61.8 Å². The zero-order chi connectivity index (χ0) is 18.9. The molecular weight excluding hydrogens is 344 g/mol. The molecule has 0 bridgehead atoms. The van der Waals surface area contributed by atoms with E-state index in [0.717, 1.165) is 12.1 Å². The Kier molecular flexibility index (Phi) is 7.60. The first kappa shape index (κ1) is 19.9. The molecule has 2 rings (SSSR count). The SMILES string of the molecule is CCN(C(=S)NC(=O)c1cccc(OCCC(C)C)c1)c1ccccc1. The van der Waals surface area contributed by atoms with Crippen molar-refractivity contribution in [2.75, 3.05) is 18.1 Å². The van der Waals surface area contributed by atoms with Crippen LogP contribution in [0, 0.1) is 5.92 Å². The van der Waals surface area contributed by atoms with E-state index in [9.17, 15) is 4.79 Å². The molecule has 0 fully saturated rings. The number of benzene rings is 2. The molecule has 0 radical (unpaired) electrons. The van der Waals surface area contributed by atoms with E-state index in [1.54, 1.807) is 12.1 Å². The highest BCUT2D eigenvalue weighted by Gasteiger charge is 2.14. The van der Waals surface area contributed by atoms with Crippen LogP contribution in [0.5, 0.6) is 5.75 Å². The molecule has 0 aliphatic rings. The minimum absolute atomic E-state index is 0.237. The molecule has 0 saturated heterocycles. The molecule has 0 unspecified atom stereocenters. The summed E-state index contributed by atoms with van der Waals surface area (Å²) >= 11 is 5.43. The van der Waals surface area contributed by atoms with Crippen LogP contribution in [0.2, 0.25) is 0 Å². The first-order valence-corrected chi connectivity index (χ1v) is 9.32. The lowest BCUT2D eigenvalue weighted by molar-refractivity contribution is 0.0976. The van der Waals surface area contributed by atoms with Gasteiger partial charge in [-0.1, -0.05) is 38.1 Å². The number of thiocarbonyl (C=S) groups is 1. The highest BCUT2D eigenvalue weighted by Crippen LogP contribution is 2.16. The van der Waals surface area contributed by atoms with Crippen molar-refractivity contribution >= 4 is 28.9 Å². The Balaban J connectivity index is 2.01. The third kappa shape index (κ3) is 5.85. The number of para-hydroxylation sites is 1. The van der Waals surface area contributed by atoms with E-state index >= 15 is 0 Å². The van der Waals surface area contributed by atoms with Crippen molar-refractivity contribution in [2.24, 2.45) is 5.92 Å². The van der Waals surface area contributed by atoms with E-state index in [4.69, 9.17) is 17.0 Å². The molecular formula is C21H26N2O2S. The van der Waals surface area contributed by atoms with E-state index in [-0.39, 0.29) is 5.91 Å². The topological polar surface area (TPSA) is 41.6 Å². The van der Waals surface area contributed by atoms with E-state index in [1.807, 2.05) is 54.3 Å². The lowest BCUT2D eigenvalue weighted by Crippen LogP contribution is -2.42. The van der Waals surface area contributed by atoms with Gasteiger partial charge in [0, 0.05) is 17.8 Å². The Hall–Kier alpha value is -2.40. The minimum atomic E-state index is -0.237. The first-order chi connectivity index (χ1) is 12.5. The van der Waals surface area contributed by atoms with Crippen LogP contribution in [0.3, 0.4) is 0 Å². The van der Waals surface area contributed by atoms with Gasteiger partial charge in [0.2, 0.25) is 0 Å². The number of hydrogen-bond acceptors (Lipinski definition) is 3. The molecule has 5 heteroatoms. The summed E-state index contributed by atoms with van der Waals surface area (Å²) in [6.07, 6.45) is 0.975. The number of nitrogens with zero attached hydrogens (tertiary/aromatic N) is 1. The largest absolute Gasteiger partial charge is 0.494 e. The van der Waals surface area contributed by atoms with Crippen LogP contribution in [0.4, 0.5) is 5.69 Å². The predicted octanol–water partition coefficient (Wildman–Crippen LogP) is 4.65. The molecule has 2 aromatic rings. The predicted molar refractivity (Wildman–Crippen MR) is 111 cm³/mol. The van der Waals surface area contributed by atoms with Gasteiger partial charge in [0.05, 0.1) is 6.61 Å². The van der Waals surface area contributed by atoms with E-state index in [0.29, 0.717) is 35.5 Å². The lowest BCUT2D eigenvalue weighted by Gasteiger charge is -2.23. The van der Waals surface area contributed by atoms with Crippen molar-refractivity contribution in [3.8, 4) is 5.75 Å². The molecule has 0 saturated carbocycles. The highest BCUT2D eigenvalue weighted by molar-refractivity contribution is 7.80. The van der Waals surface area contributed by atoms with Crippen molar-refractivity contribution in [3.05, 3.63) is 60.2 Å². The van der Waals surface area contributed by atoms with Crippen LogP contribution in [-0.4, -0.2) is 24.2 Å². The second kappa shape index (κ2) is 9.92. The number of carbonyl (C=O) groups is 1. The molecule has 0 aliphatic carbocycles. The fourth-order valence-electron chi connectivity index (χ4n) is 2.43. The first-order valence-electron chi connectivity index (χ1n) is 8.92. The van der Waals surface area contributed by atoms with E-state index in [2.05, 4.69) is 19.2 Å². The molecule has 26 heavy (non-hydrogen) atoms. The van der Waals surface area contributed by atoms with E-state index < -0.39 is 0 Å². The Morgan fingerprint density at radius 1 is 1.15 bits per heavy atom. The van der Waals surface area contributed by atoms with Crippen molar-refractivity contribution in [1.29, 1.82) is 0 Å². The van der Waals surface area contributed by atoms with Crippen molar-refractivity contribution in [2.45, 2.75) is 27.2 Å². The maximum absolute atomic E-state index is 12.6. The zero-order valence-corrected chi connectivity index (χ0v) is 16.4. The Bertz CT molecular complexity index is 732. The summed E-state index contributed by atoms with van der Waals surface area (Å²) in [5.74, 6) is 1.04. The Morgan fingerprint density at radius 3 is 2.54 bits per heavy atom. The maximum atomic E-state index is 12.6. The number of hydrogen-bond donors (Lipinski definition) is 1. The van der Waals surface area contributed by atoms with Crippen LogP contribution in [0.15, 0.2) is 54.6 Å². The van der Waals surface area contributed by atoms with Gasteiger partial charge >= 0.3 is 0 Å². The average molecular weight is 371 g/mol. The molecule has 2 aromatic carbocycles. The summed E-state index contributed by atoms with van der Waals surface area (Å²) < 4.78 is 5.73. The molecule has 0 heterocycles. The van der Waals surface area contributed by atoms with Gasteiger partial charge in [-0.2, -0.15) is 0 Å². The molecule has 4 nitrogen and oxygen atoms in total. The second-order valence-electron chi connectivity index (χ2n) is 6.40. The summed E-state index contributed by atoms with van der Waals surface area (Å²) in [6.45, 7) is 7.61. The van der Waals surface area contributed by atoms with Gasteiger partial charge in [-0.3, -0.25) is 10.1 Å². The number of carbonyl (C=O) groups excluding carboxylic acids is 1. The van der Waals surface area contributed by atoms with Gasteiger partial charge in [-0.25, -0.2) is 0 Å². The van der Waals surface area contributed by atoms with Crippen LogP contribution >= 0.6 is 12.2 Å². The second-order valence-corrected chi connectivity index (χ2v) is 6.78. The number of rotatable bonds is 7. The molecule has 0 aliphatic heterocycles. The fraction of sp³-hybridized carbons (Fsp3) is 0.333. The molecule has 0 aromatic heterocycles. The van der Waals surface area contributed by atoms with Crippen LogP contribution < -0.4 is 15.0 Å². The number of anilines is 1. The summed E-state index contributed by atoms with van der Waals surface area (Å²) in [5.41, 5.74) is 1.48. The summed E-state index contributed by atoms with van der Waals surface area (Å²) in [4.78, 5) is 14.4. The van der Waals surface area contributed by atoms with Gasteiger partial charge in [0.25, 0.3) is 5.91 Å². The lowest BCUT2D eigenvalue weighted by atomic mass is 10.1. The van der Waals surface area contributed by atoms with Crippen molar-refractivity contribution < 1.29 is 9.53 Å². The quantitative estimate of drug-likeness (QED) is 0.720. The third-order valence-corrected chi connectivity index (χ3v) is 4.23. The summed E-state index contributed by atoms with van der Waals surface area (Å²) in [5, 5.41) is 3.19. The normalized spacial score (nSPS) is 10.5. The van der Waals surface area contributed by atoms with Gasteiger partial charge in [0.1, 0.15) is 5.75 Å². The van der Waals surface area contributed by atoms with Crippen LogP contribution in [0.25, 0.3) is 0 Å². The number of nitrogens with one attached hydrogen (secondary N) is 1. The van der Waals surface area contributed by atoms with Gasteiger partial charge in [-0.15, -0.1) is 0 Å². The smallest absolute Gasteiger partial charge is 0.257 e. The fourth-order valence-corrected chi connectivity index (χ4v) is 2.75. The Labute approximate surface area is 161 Å². The summed E-state index contributed by atoms with van der Waals surface area (Å²) in [6, 6.07) is 16.9. The average Bonchev–Trinajstić information content (AvgIpc) is 2.63. The van der Waals surface area contributed by atoms with E-state index in [1.165, 1.54) is 0 Å². The number of ether oxygens (including phenoxy) is 1. The standard InChI is InChI=1S/C21H26N2O2S/c1-4-23(18-10-6-5-7-11-18)21(26)22-20(24)17-9-8-12-19(15-17)25-14-13-16(2)3/h5-12,15-16H,4,13-14H2,1-3H3,(H,22,24,26). The number of amides is 1. The van der Waals surface area contributed by atoms with Crippen LogP contribution in [0.1, 0.15) is 37.6 Å².